The predicted octanol–water partition coefficient (Wildman–Crippen LogP) is 6.64. The number of aliphatic hydroxyl groups is 1. The number of hydrogen-bond acceptors (Lipinski definition) is 5. The summed E-state index contributed by atoms with van der Waals surface area (Å²) >= 11 is 0. The van der Waals surface area contributed by atoms with Crippen LogP contribution in [0.2, 0.25) is 0 Å². The standard InChI is InChI=1S/C31H30O5/c1-31(2)34-29(25-15-13-24(14-16-25)28(32)23-11-7-4-8-12-23)30(35-31)27(21-9-5-3-6-10-21)22-17-19-26(36-33)20-18-22/h3-20,27-30,32-33H,1-2H3/t27-,28?,29-,30-/m1/s1. The molecule has 184 valence electrons. The fraction of sp³-hybridized carbons (Fsp3) is 0.226. The molecule has 1 aliphatic heterocycles. The van der Waals surface area contributed by atoms with Crippen LogP contribution in [0.1, 0.15) is 59.8 Å². The monoisotopic (exact) mass is 482 g/mol. The van der Waals surface area contributed by atoms with Crippen LogP contribution in [0.3, 0.4) is 0 Å². The van der Waals surface area contributed by atoms with Gasteiger partial charge in [-0.2, -0.15) is 0 Å². The zero-order valence-corrected chi connectivity index (χ0v) is 20.3. The fourth-order valence-electron chi connectivity index (χ4n) is 4.95. The van der Waals surface area contributed by atoms with Gasteiger partial charge in [-0.15, -0.1) is 0 Å². The Morgan fingerprint density at radius 1 is 0.667 bits per heavy atom. The lowest BCUT2D eigenvalue weighted by molar-refractivity contribution is -0.147. The summed E-state index contributed by atoms with van der Waals surface area (Å²) in [6, 6.07) is 35.1. The molecule has 0 saturated carbocycles. The largest absolute Gasteiger partial charge is 0.384 e. The highest BCUT2D eigenvalue weighted by atomic mass is 17.1. The van der Waals surface area contributed by atoms with Crippen LogP contribution in [0.25, 0.3) is 0 Å². The average molecular weight is 483 g/mol. The third-order valence-electron chi connectivity index (χ3n) is 6.66. The summed E-state index contributed by atoms with van der Waals surface area (Å²) in [7, 11) is 0. The van der Waals surface area contributed by atoms with E-state index in [1.807, 2.05) is 98.8 Å². The Hall–Kier alpha value is -3.48. The topological polar surface area (TPSA) is 68.2 Å². The second-order valence-corrected chi connectivity index (χ2v) is 9.55. The molecule has 0 spiro atoms. The SMILES string of the molecule is CC1(C)O[C@H]([C@H](c2ccccc2)c2ccc(OO)cc2)[C@@H](c2ccc(C(O)c3ccccc3)cc2)O1. The fourth-order valence-corrected chi connectivity index (χ4v) is 4.95. The summed E-state index contributed by atoms with van der Waals surface area (Å²) in [6.45, 7) is 3.86. The number of ether oxygens (including phenoxy) is 2. The van der Waals surface area contributed by atoms with Crippen LogP contribution in [0.5, 0.6) is 5.75 Å². The molecule has 1 aliphatic rings. The molecule has 36 heavy (non-hydrogen) atoms. The maximum absolute atomic E-state index is 10.8. The molecule has 2 N–H and O–H groups in total. The van der Waals surface area contributed by atoms with Gasteiger partial charge in [-0.25, -0.2) is 5.26 Å². The van der Waals surface area contributed by atoms with Gasteiger partial charge >= 0.3 is 0 Å². The summed E-state index contributed by atoms with van der Waals surface area (Å²) in [5.41, 5.74) is 4.77. The first-order chi connectivity index (χ1) is 17.4. The highest BCUT2D eigenvalue weighted by Crippen LogP contribution is 2.47. The second kappa shape index (κ2) is 10.2. The Balaban J connectivity index is 1.50. The molecular formula is C31H30O5. The van der Waals surface area contributed by atoms with Gasteiger partial charge in [0.15, 0.2) is 11.5 Å². The Bertz CT molecular complexity index is 1250. The molecule has 1 fully saturated rings. The van der Waals surface area contributed by atoms with Crippen LogP contribution in [0, 0.1) is 0 Å². The van der Waals surface area contributed by atoms with E-state index in [0.29, 0.717) is 5.75 Å². The molecule has 5 heteroatoms. The number of rotatable bonds is 7. The van der Waals surface area contributed by atoms with E-state index in [-0.39, 0.29) is 18.1 Å². The molecule has 0 aromatic heterocycles. The van der Waals surface area contributed by atoms with E-state index in [1.54, 1.807) is 12.1 Å². The lowest BCUT2D eigenvalue weighted by atomic mass is 9.82. The summed E-state index contributed by atoms with van der Waals surface area (Å²) in [5.74, 6) is -0.530. The Labute approximate surface area is 211 Å². The molecule has 5 rings (SSSR count). The smallest absolute Gasteiger partial charge is 0.165 e. The molecule has 4 aromatic carbocycles. The third kappa shape index (κ3) is 5.06. The molecule has 4 atom stereocenters. The van der Waals surface area contributed by atoms with Gasteiger partial charge in [-0.1, -0.05) is 97.1 Å². The van der Waals surface area contributed by atoms with Crippen molar-refractivity contribution in [1.29, 1.82) is 0 Å². The van der Waals surface area contributed by atoms with Gasteiger partial charge in [-0.3, -0.25) is 0 Å². The van der Waals surface area contributed by atoms with Crippen molar-refractivity contribution in [3.8, 4) is 5.75 Å². The maximum atomic E-state index is 10.8. The van der Waals surface area contributed by atoms with E-state index in [1.165, 1.54) is 0 Å². The molecular weight excluding hydrogens is 452 g/mol. The number of aliphatic hydroxyl groups excluding tert-OH is 1. The summed E-state index contributed by atoms with van der Waals surface area (Å²) in [4.78, 5) is 4.39. The zero-order valence-electron chi connectivity index (χ0n) is 20.3. The van der Waals surface area contributed by atoms with E-state index in [9.17, 15) is 5.11 Å². The van der Waals surface area contributed by atoms with Gasteiger partial charge in [-0.05, 0) is 53.8 Å². The van der Waals surface area contributed by atoms with Crippen molar-refractivity contribution >= 4 is 0 Å². The van der Waals surface area contributed by atoms with Gasteiger partial charge in [0.2, 0.25) is 0 Å². The first kappa shape index (κ1) is 24.2. The minimum absolute atomic E-state index is 0.125. The van der Waals surface area contributed by atoms with Crippen molar-refractivity contribution < 1.29 is 24.7 Å². The summed E-state index contributed by atoms with van der Waals surface area (Å²) < 4.78 is 13.0. The van der Waals surface area contributed by atoms with Gasteiger partial charge in [0.25, 0.3) is 0 Å². The molecule has 1 heterocycles. The van der Waals surface area contributed by atoms with E-state index in [0.717, 1.165) is 27.8 Å². The van der Waals surface area contributed by atoms with Crippen LogP contribution in [-0.2, 0) is 9.47 Å². The lowest BCUT2D eigenvalue weighted by Gasteiger charge is -2.28. The molecule has 0 amide bonds. The first-order valence-corrected chi connectivity index (χ1v) is 12.1. The van der Waals surface area contributed by atoms with Gasteiger partial charge in [0.1, 0.15) is 18.3 Å². The lowest BCUT2D eigenvalue weighted by Crippen LogP contribution is -2.27. The van der Waals surface area contributed by atoms with Crippen molar-refractivity contribution in [2.75, 3.05) is 0 Å². The van der Waals surface area contributed by atoms with Crippen molar-refractivity contribution in [3.05, 3.63) is 137 Å². The summed E-state index contributed by atoms with van der Waals surface area (Å²) in [5, 5.41) is 19.9. The number of hydrogen-bond donors (Lipinski definition) is 2. The van der Waals surface area contributed by atoms with Crippen LogP contribution >= 0.6 is 0 Å². The van der Waals surface area contributed by atoms with Crippen LogP contribution in [0.15, 0.2) is 109 Å². The van der Waals surface area contributed by atoms with Crippen molar-refractivity contribution in [2.24, 2.45) is 0 Å². The maximum Gasteiger partial charge on any atom is 0.165 e. The van der Waals surface area contributed by atoms with E-state index < -0.39 is 11.9 Å². The highest BCUT2D eigenvalue weighted by molar-refractivity contribution is 5.39. The first-order valence-electron chi connectivity index (χ1n) is 12.1. The Kier molecular flexibility index (Phi) is 6.90. The van der Waals surface area contributed by atoms with Crippen molar-refractivity contribution in [1.82, 2.24) is 0 Å². The Morgan fingerprint density at radius 2 is 1.17 bits per heavy atom. The molecule has 1 saturated heterocycles. The third-order valence-corrected chi connectivity index (χ3v) is 6.66. The van der Waals surface area contributed by atoms with Crippen LogP contribution in [-0.4, -0.2) is 22.3 Å². The zero-order chi connectivity index (χ0) is 25.1. The molecule has 0 bridgehead atoms. The van der Waals surface area contributed by atoms with Gasteiger partial charge < -0.3 is 19.5 Å². The molecule has 5 nitrogen and oxygen atoms in total. The van der Waals surface area contributed by atoms with Crippen molar-refractivity contribution in [3.63, 3.8) is 0 Å². The van der Waals surface area contributed by atoms with Crippen LogP contribution < -0.4 is 4.89 Å². The average Bonchev–Trinajstić information content (AvgIpc) is 3.24. The van der Waals surface area contributed by atoms with Gasteiger partial charge in [0.05, 0.1) is 0 Å². The molecule has 4 aromatic rings. The van der Waals surface area contributed by atoms with E-state index >= 15 is 0 Å². The highest BCUT2D eigenvalue weighted by Gasteiger charge is 2.46. The summed E-state index contributed by atoms with van der Waals surface area (Å²) in [6.07, 6.45) is -1.34. The Morgan fingerprint density at radius 3 is 1.75 bits per heavy atom. The second-order valence-electron chi connectivity index (χ2n) is 9.55. The van der Waals surface area contributed by atoms with Gasteiger partial charge in [0, 0.05) is 5.92 Å². The minimum Gasteiger partial charge on any atom is -0.384 e. The normalized spacial score (nSPS) is 20.6. The quantitative estimate of drug-likeness (QED) is 0.228. The molecule has 0 aliphatic carbocycles. The van der Waals surface area contributed by atoms with Crippen LogP contribution in [0.4, 0.5) is 0 Å². The predicted molar refractivity (Wildman–Crippen MR) is 138 cm³/mol. The number of benzene rings is 4. The van der Waals surface area contributed by atoms with E-state index in [2.05, 4.69) is 17.0 Å². The van der Waals surface area contributed by atoms with E-state index in [4.69, 9.17) is 14.7 Å². The minimum atomic E-state index is -0.779. The van der Waals surface area contributed by atoms with Crippen molar-refractivity contribution in [2.45, 2.75) is 43.9 Å². The molecule has 0 radical (unpaired) electrons. The molecule has 1 unspecified atom stereocenters.